The van der Waals surface area contributed by atoms with Crippen molar-refractivity contribution < 1.29 is 17.6 Å². The number of alkyl halides is 3. The third-order valence-corrected chi connectivity index (χ3v) is 3.41. The summed E-state index contributed by atoms with van der Waals surface area (Å²) >= 11 is 0. The average Bonchev–Trinajstić information content (AvgIpc) is 3.03. The van der Waals surface area contributed by atoms with Crippen LogP contribution in [0.5, 0.6) is 0 Å². The van der Waals surface area contributed by atoms with Crippen molar-refractivity contribution in [3.63, 3.8) is 0 Å². The normalized spacial score (nSPS) is 12.9. The van der Waals surface area contributed by atoms with Crippen LogP contribution >= 0.6 is 24.0 Å². The summed E-state index contributed by atoms with van der Waals surface area (Å²) in [4.78, 5) is 11.3. The number of nitrogens with zero attached hydrogens (tertiary/aromatic N) is 3. The highest BCUT2D eigenvalue weighted by molar-refractivity contribution is 14.0. The van der Waals surface area contributed by atoms with Crippen molar-refractivity contribution in [1.29, 1.82) is 0 Å². The van der Waals surface area contributed by atoms with E-state index in [4.69, 9.17) is 4.42 Å². The van der Waals surface area contributed by atoms with Crippen LogP contribution in [0.4, 0.5) is 19.1 Å². The number of hydrogen-bond donors (Lipinski definition) is 3. The van der Waals surface area contributed by atoms with Gasteiger partial charge in [0.2, 0.25) is 5.95 Å². The van der Waals surface area contributed by atoms with Gasteiger partial charge in [0.15, 0.2) is 5.96 Å². The quantitative estimate of drug-likeness (QED) is 0.245. The van der Waals surface area contributed by atoms with Crippen molar-refractivity contribution in [1.82, 2.24) is 20.6 Å². The molecule has 0 aliphatic heterocycles. The molecule has 0 saturated carbocycles. The van der Waals surface area contributed by atoms with E-state index in [2.05, 4.69) is 30.9 Å². The number of furan rings is 1. The minimum Gasteiger partial charge on any atom is -0.464 e. The molecule has 0 saturated heterocycles. The fourth-order valence-electron chi connectivity index (χ4n) is 2.11. The first-order valence-corrected chi connectivity index (χ1v) is 7.97. The van der Waals surface area contributed by atoms with Crippen molar-refractivity contribution in [2.24, 2.45) is 4.99 Å². The molecule has 1 unspecified atom stereocenters. The first-order chi connectivity index (χ1) is 12.3. The van der Waals surface area contributed by atoms with E-state index in [1.165, 1.54) is 0 Å². The molecule has 0 fully saturated rings. The van der Waals surface area contributed by atoms with Gasteiger partial charge in [-0.05, 0) is 32.0 Å². The first-order valence-electron chi connectivity index (χ1n) is 7.97. The summed E-state index contributed by atoms with van der Waals surface area (Å²) in [5.74, 6) is 2.06. The number of aromatic nitrogens is 2. The number of aliphatic imine (C=N–C) groups is 1. The average molecular weight is 498 g/mol. The minimum atomic E-state index is -4.50. The van der Waals surface area contributed by atoms with Gasteiger partial charge in [0, 0.05) is 26.3 Å². The minimum absolute atomic E-state index is 0. The number of halogens is 4. The van der Waals surface area contributed by atoms with E-state index >= 15 is 0 Å². The highest BCUT2D eigenvalue weighted by atomic mass is 127. The molecule has 2 rings (SSSR count). The molecule has 0 bridgehead atoms. The van der Waals surface area contributed by atoms with E-state index in [1.54, 1.807) is 7.05 Å². The number of rotatable bonds is 6. The highest BCUT2D eigenvalue weighted by Crippen LogP contribution is 2.27. The van der Waals surface area contributed by atoms with Crippen molar-refractivity contribution in [2.45, 2.75) is 26.1 Å². The standard InChI is InChI=1S/C16H21F3N6O.HI/c1-10-4-5-12(26-10)11(2)24-14(20-3)22-8-9-23-15-21-7-6-13(25-15)16(17,18)19;/h4-7,11H,8-9H2,1-3H3,(H2,20,22,24)(H,21,23,25);1H. The van der Waals surface area contributed by atoms with Gasteiger partial charge < -0.3 is 20.4 Å². The van der Waals surface area contributed by atoms with Crippen LogP contribution in [-0.2, 0) is 6.18 Å². The van der Waals surface area contributed by atoms with Crippen molar-refractivity contribution in [3.8, 4) is 0 Å². The zero-order chi connectivity index (χ0) is 19.2. The van der Waals surface area contributed by atoms with Gasteiger partial charge in [0.05, 0.1) is 6.04 Å². The van der Waals surface area contributed by atoms with E-state index < -0.39 is 11.9 Å². The Hall–Kier alpha value is -2.05. The molecule has 1 atom stereocenters. The largest absolute Gasteiger partial charge is 0.464 e. The van der Waals surface area contributed by atoms with Gasteiger partial charge in [0.1, 0.15) is 17.2 Å². The van der Waals surface area contributed by atoms with Crippen LogP contribution in [-0.4, -0.2) is 36.1 Å². The lowest BCUT2D eigenvalue weighted by molar-refractivity contribution is -0.141. The highest BCUT2D eigenvalue weighted by Gasteiger charge is 2.32. The van der Waals surface area contributed by atoms with Crippen LogP contribution in [0.1, 0.15) is 30.2 Å². The lowest BCUT2D eigenvalue weighted by Gasteiger charge is -2.16. The van der Waals surface area contributed by atoms with E-state index in [1.807, 2.05) is 26.0 Å². The SMILES string of the molecule is CN=C(NCCNc1nccc(C(F)(F)F)n1)NC(C)c1ccc(C)o1.I. The molecule has 0 aromatic carbocycles. The maximum atomic E-state index is 12.6. The lowest BCUT2D eigenvalue weighted by atomic mass is 10.2. The Morgan fingerprint density at radius 2 is 2.00 bits per heavy atom. The third-order valence-electron chi connectivity index (χ3n) is 3.41. The Morgan fingerprint density at radius 3 is 2.59 bits per heavy atom. The molecule has 27 heavy (non-hydrogen) atoms. The molecule has 2 heterocycles. The molecule has 0 amide bonds. The van der Waals surface area contributed by atoms with E-state index in [0.29, 0.717) is 19.0 Å². The van der Waals surface area contributed by atoms with E-state index in [9.17, 15) is 13.2 Å². The molecule has 0 radical (unpaired) electrons. The first kappa shape index (κ1) is 23.0. The van der Waals surface area contributed by atoms with Crippen molar-refractivity contribution in [2.75, 3.05) is 25.5 Å². The van der Waals surface area contributed by atoms with E-state index in [0.717, 1.165) is 23.8 Å². The summed E-state index contributed by atoms with van der Waals surface area (Å²) in [7, 11) is 1.62. The Balaban J connectivity index is 0.00000364. The van der Waals surface area contributed by atoms with Crippen LogP contribution in [0.25, 0.3) is 0 Å². The van der Waals surface area contributed by atoms with E-state index in [-0.39, 0.29) is 36.0 Å². The molecule has 2 aromatic heterocycles. The van der Waals surface area contributed by atoms with Gasteiger partial charge >= 0.3 is 6.18 Å². The van der Waals surface area contributed by atoms with Crippen molar-refractivity contribution in [3.05, 3.63) is 41.6 Å². The Bertz CT molecular complexity index is 750. The monoisotopic (exact) mass is 498 g/mol. The molecule has 0 aliphatic carbocycles. The van der Waals surface area contributed by atoms with Gasteiger partial charge in [0.25, 0.3) is 0 Å². The number of hydrogen-bond acceptors (Lipinski definition) is 5. The molecule has 150 valence electrons. The number of nitrogens with one attached hydrogen (secondary N) is 3. The number of anilines is 1. The van der Waals surface area contributed by atoms with Crippen LogP contribution in [0.3, 0.4) is 0 Å². The van der Waals surface area contributed by atoms with Crippen molar-refractivity contribution >= 4 is 35.9 Å². The van der Waals surface area contributed by atoms with Gasteiger partial charge in [-0.2, -0.15) is 13.2 Å². The second kappa shape index (κ2) is 10.3. The summed E-state index contributed by atoms with van der Waals surface area (Å²) in [6, 6.07) is 4.50. The Kier molecular flexibility index (Phi) is 8.79. The molecule has 3 N–H and O–H groups in total. The predicted molar refractivity (Wildman–Crippen MR) is 107 cm³/mol. The summed E-state index contributed by atoms with van der Waals surface area (Å²) in [5.41, 5.74) is -0.983. The fraction of sp³-hybridized carbons (Fsp3) is 0.438. The van der Waals surface area contributed by atoms with Crippen LogP contribution in [0.15, 0.2) is 33.8 Å². The molecule has 11 heteroatoms. The zero-order valence-electron chi connectivity index (χ0n) is 15.1. The maximum Gasteiger partial charge on any atom is 0.433 e. The third kappa shape index (κ3) is 7.23. The molecule has 0 spiro atoms. The Labute approximate surface area is 172 Å². The summed E-state index contributed by atoms with van der Waals surface area (Å²) in [6.07, 6.45) is -3.43. The van der Waals surface area contributed by atoms with Gasteiger partial charge in [-0.25, -0.2) is 9.97 Å². The second-order valence-electron chi connectivity index (χ2n) is 5.50. The molecule has 2 aromatic rings. The van der Waals surface area contributed by atoms with Gasteiger partial charge in [-0.15, -0.1) is 24.0 Å². The maximum absolute atomic E-state index is 12.6. The second-order valence-corrected chi connectivity index (χ2v) is 5.50. The molecule has 0 aliphatic rings. The summed E-state index contributed by atoms with van der Waals surface area (Å²) in [6.45, 7) is 4.52. The van der Waals surface area contributed by atoms with Crippen LogP contribution in [0, 0.1) is 6.92 Å². The Morgan fingerprint density at radius 1 is 1.26 bits per heavy atom. The van der Waals surface area contributed by atoms with Crippen LogP contribution in [0.2, 0.25) is 0 Å². The van der Waals surface area contributed by atoms with Crippen LogP contribution < -0.4 is 16.0 Å². The topological polar surface area (TPSA) is 87.4 Å². The number of guanidine groups is 1. The number of aryl methyl sites for hydroxylation is 1. The smallest absolute Gasteiger partial charge is 0.433 e. The molecular formula is C16H22F3IN6O. The lowest BCUT2D eigenvalue weighted by Crippen LogP contribution is -2.40. The van der Waals surface area contributed by atoms with Gasteiger partial charge in [-0.1, -0.05) is 0 Å². The molecule has 7 nitrogen and oxygen atoms in total. The van der Waals surface area contributed by atoms with Gasteiger partial charge in [-0.3, -0.25) is 4.99 Å². The zero-order valence-corrected chi connectivity index (χ0v) is 17.4. The summed E-state index contributed by atoms with van der Waals surface area (Å²) < 4.78 is 43.4. The molecular weight excluding hydrogens is 476 g/mol. The fourth-order valence-corrected chi connectivity index (χ4v) is 2.11. The summed E-state index contributed by atoms with van der Waals surface area (Å²) in [5, 5.41) is 8.95. The predicted octanol–water partition coefficient (Wildman–Crippen LogP) is 3.35.